The van der Waals surface area contributed by atoms with Crippen molar-refractivity contribution >= 4 is 22.6 Å². The molecule has 1 aliphatic heterocycles. The number of rotatable bonds is 2. The van der Waals surface area contributed by atoms with Crippen LogP contribution in [0.3, 0.4) is 0 Å². The SMILES string of the molecule is O=C1NC(=O)c2c(Cc3ccccc3)ccc3cccc1c23. The average Bonchev–Trinajstić information content (AvgIpc) is 2.54. The molecule has 0 unspecified atom stereocenters. The summed E-state index contributed by atoms with van der Waals surface area (Å²) in [6.07, 6.45) is 0.669. The number of amides is 2. The molecule has 0 bridgehead atoms. The van der Waals surface area contributed by atoms with E-state index >= 15 is 0 Å². The quantitative estimate of drug-likeness (QED) is 0.735. The van der Waals surface area contributed by atoms with Crippen LogP contribution >= 0.6 is 0 Å². The first-order valence-corrected chi connectivity index (χ1v) is 7.18. The molecule has 0 spiro atoms. The normalized spacial score (nSPS) is 13.3. The molecule has 0 radical (unpaired) electrons. The Morgan fingerprint density at radius 3 is 2.41 bits per heavy atom. The second-order valence-electron chi connectivity index (χ2n) is 5.45. The lowest BCUT2D eigenvalue weighted by molar-refractivity contribution is 0.0844. The van der Waals surface area contributed by atoms with Crippen molar-refractivity contribution in [2.24, 2.45) is 0 Å². The summed E-state index contributed by atoms with van der Waals surface area (Å²) < 4.78 is 0. The zero-order valence-electron chi connectivity index (χ0n) is 11.8. The van der Waals surface area contributed by atoms with Crippen molar-refractivity contribution in [2.75, 3.05) is 0 Å². The van der Waals surface area contributed by atoms with Gasteiger partial charge in [-0.25, -0.2) is 0 Å². The van der Waals surface area contributed by atoms with Gasteiger partial charge in [0, 0.05) is 10.9 Å². The van der Waals surface area contributed by atoms with Crippen LogP contribution in [0.2, 0.25) is 0 Å². The van der Waals surface area contributed by atoms with E-state index in [2.05, 4.69) is 5.32 Å². The summed E-state index contributed by atoms with van der Waals surface area (Å²) in [4.78, 5) is 24.4. The van der Waals surface area contributed by atoms with Crippen molar-refractivity contribution < 1.29 is 9.59 Å². The Morgan fingerprint density at radius 1 is 0.773 bits per heavy atom. The minimum Gasteiger partial charge on any atom is -0.288 e. The van der Waals surface area contributed by atoms with Gasteiger partial charge in [0.25, 0.3) is 11.8 Å². The molecule has 3 nitrogen and oxygen atoms in total. The van der Waals surface area contributed by atoms with Gasteiger partial charge < -0.3 is 0 Å². The second kappa shape index (κ2) is 4.81. The van der Waals surface area contributed by atoms with Crippen LogP contribution in [0.25, 0.3) is 10.8 Å². The molecule has 106 valence electrons. The van der Waals surface area contributed by atoms with Crippen LogP contribution in [0.1, 0.15) is 31.8 Å². The fraction of sp³-hybridized carbons (Fsp3) is 0.0526. The third kappa shape index (κ3) is 1.91. The Morgan fingerprint density at radius 2 is 1.59 bits per heavy atom. The molecular weight excluding hydrogens is 274 g/mol. The maximum atomic E-state index is 12.4. The Kier molecular flexibility index (Phi) is 2.79. The lowest BCUT2D eigenvalue weighted by atomic mass is 9.89. The van der Waals surface area contributed by atoms with Gasteiger partial charge in [-0.1, -0.05) is 54.6 Å². The molecule has 0 fully saturated rings. The molecular formula is C19H13NO2. The van der Waals surface area contributed by atoms with Gasteiger partial charge in [-0.3, -0.25) is 14.9 Å². The predicted octanol–water partition coefficient (Wildman–Crippen LogP) is 3.31. The van der Waals surface area contributed by atoms with Gasteiger partial charge >= 0.3 is 0 Å². The number of carbonyl (C=O) groups excluding carboxylic acids is 2. The summed E-state index contributed by atoms with van der Waals surface area (Å²) in [6, 6.07) is 19.5. The van der Waals surface area contributed by atoms with Gasteiger partial charge in [-0.2, -0.15) is 0 Å². The van der Waals surface area contributed by atoms with Crippen molar-refractivity contribution in [3.8, 4) is 0 Å². The molecule has 2 amide bonds. The smallest absolute Gasteiger partial charge is 0.259 e. The topological polar surface area (TPSA) is 46.2 Å². The highest BCUT2D eigenvalue weighted by Gasteiger charge is 2.26. The number of hydrogen-bond donors (Lipinski definition) is 1. The third-order valence-corrected chi connectivity index (χ3v) is 4.07. The molecule has 4 rings (SSSR count). The van der Waals surface area contributed by atoms with Crippen molar-refractivity contribution in [2.45, 2.75) is 6.42 Å². The van der Waals surface area contributed by atoms with Gasteiger partial charge in [0.1, 0.15) is 0 Å². The number of hydrogen-bond acceptors (Lipinski definition) is 2. The Hall–Kier alpha value is -2.94. The van der Waals surface area contributed by atoms with E-state index in [9.17, 15) is 9.59 Å². The van der Waals surface area contributed by atoms with Gasteiger partial charge in [0.05, 0.1) is 5.56 Å². The van der Waals surface area contributed by atoms with Crippen LogP contribution in [0, 0.1) is 0 Å². The van der Waals surface area contributed by atoms with E-state index < -0.39 is 0 Å². The van der Waals surface area contributed by atoms with Crippen molar-refractivity contribution in [3.05, 3.63) is 82.9 Å². The molecule has 0 aliphatic carbocycles. The highest BCUT2D eigenvalue weighted by Crippen LogP contribution is 2.30. The lowest BCUT2D eigenvalue weighted by Gasteiger charge is -2.19. The molecule has 0 saturated carbocycles. The Balaban J connectivity index is 1.97. The zero-order valence-corrected chi connectivity index (χ0v) is 11.8. The molecule has 1 aliphatic rings. The number of imide groups is 1. The standard InChI is InChI=1S/C19H13NO2/c21-18-15-8-4-7-13-9-10-14(11-12-5-2-1-3-6-12)17(16(13)15)19(22)20-18/h1-10H,11H2,(H,20,21,22). The highest BCUT2D eigenvalue weighted by molar-refractivity contribution is 6.26. The predicted molar refractivity (Wildman–Crippen MR) is 85.0 cm³/mol. The van der Waals surface area contributed by atoms with Gasteiger partial charge in [-0.05, 0) is 29.0 Å². The van der Waals surface area contributed by atoms with Crippen LogP contribution in [0.5, 0.6) is 0 Å². The van der Waals surface area contributed by atoms with Crippen LogP contribution in [-0.2, 0) is 6.42 Å². The number of carbonyl (C=O) groups is 2. The summed E-state index contributed by atoms with van der Waals surface area (Å²) >= 11 is 0. The maximum Gasteiger partial charge on any atom is 0.259 e. The minimum atomic E-state index is -0.319. The van der Waals surface area contributed by atoms with E-state index in [1.165, 1.54) is 0 Å². The van der Waals surface area contributed by atoms with Crippen molar-refractivity contribution in [3.63, 3.8) is 0 Å². The van der Waals surface area contributed by atoms with E-state index in [1.54, 1.807) is 6.07 Å². The molecule has 0 atom stereocenters. The molecule has 0 saturated heterocycles. The monoisotopic (exact) mass is 287 g/mol. The Labute approximate surface area is 127 Å². The van der Waals surface area contributed by atoms with Crippen LogP contribution in [0.15, 0.2) is 60.7 Å². The molecule has 3 aromatic rings. The van der Waals surface area contributed by atoms with E-state index in [-0.39, 0.29) is 11.8 Å². The lowest BCUT2D eigenvalue weighted by Crippen LogP contribution is -2.35. The summed E-state index contributed by atoms with van der Waals surface area (Å²) in [5.74, 6) is -0.625. The minimum absolute atomic E-state index is 0.305. The van der Waals surface area contributed by atoms with Crippen molar-refractivity contribution in [1.29, 1.82) is 0 Å². The summed E-state index contributed by atoms with van der Waals surface area (Å²) in [5, 5.41) is 4.14. The fourth-order valence-electron chi connectivity index (χ4n) is 3.07. The van der Waals surface area contributed by atoms with Crippen LogP contribution in [0.4, 0.5) is 0 Å². The molecule has 0 aromatic heterocycles. The summed E-state index contributed by atoms with van der Waals surface area (Å²) in [7, 11) is 0. The summed E-state index contributed by atoms with van der Waals surface area (Å²) in [5.41, 5.74) is 3.27. The largest absolute Gasteiger partial charge is 0.288 e. The van der Waals surface area contributed by atoms with E-state index in [1.807, 2.05) is 54.6 Å². The van der Waals surface area contributed by atoms with E-state index in [0.29, 0.717) is 17.5 Å². The third-order valence-electron chi connectivity index (χ3n) is 4.07. The van der Waals surface area contributed by atoms with Crippen molar-refractivity contribution in [1.82, 2.24) is 5.32 Å². The molecule has 1 heterocycles. The first-order chi connectivity index (χ1) is 10.7. The second-order valence-corrected chi connectivity index (χ2v) is 5.45. The number of nitrogens with one attached hydrogen (secondary N) is 1. The summed E-state index contributed by atoms with van der Waals surface area (Å²) in [6.45, 7) is 0. The average molecular weight is 287 g/mol. The van der Waals surface area contributed by atoms with Crippen LogP contribution in [-0.4, -0.2) is 11.8 Å². The van der Waals surface area contributed by atoms with Gasteiger partial charge in [-0.15, -0.1) is 0 Å². The molecule has 3 aromatic carbocycles. The first kappa shape index (κ1) is 12.8. The Bertz CT molecular complexity index is 913. The van der Waals surface area contributed by atoms with E-state index in [0.717, 1.165) is 21.9 Å². The molecule has 1 N–H and O–H groups in total. The van der Waals surface area contributed by atoms with Gasteiger partial charge in [0.2, 0.25) is 0 Å². The van der Waals surface area contributed by atoms with Crippen LogP contribution < -0.4 is 5.32 Å². The zero-order chi connectivity index (χ0) is 15.1. The number of benzene rings is 3. The van der Waals surface area contributed by atoms with Gasteiger partial charge in [0.15, 0.2) is 0 Å². The van der Waals surface area contributed by atoms with E-state index in [4.69, 9.17) is 0 Å². The fourth-order valence-corrected chi connectivity index (χ4v) is 3.07. The highest BCUT2D eigenvalue weighted by atomic mass is 16.2. The first-order valence-electron chi connectivity index (χ1n) is 7.18. The molecule has 3 heteroatoms. The molecule has 22 heavy (non-hydrogen) atoms. The maximum absolute atomic E-state index is 12.4.